The van der Waals surface area contributed by atoms with Crippen LogP contribution in [-0.2, 0) is 26.2 Å². The maximum atomic E-state index is 13.2. The number of amides is 2. The third-order valence-electron chi connectivity index (χ3n) is 6.51. The Morgan fingerprint density at radius 1 is 1.13 bits per heavy atom. The normalized spacial score (nSPS) is 21.8. The summed E-state index contributed by atoms with van der Waals surface area (Å²) in [5, 5.41) is 2.92. The van der Waals surface area contributed by atoms with E-state index in [2.05, 4.69) is 5.32 Å². The zero-order valence-electron chi connectivity index (χ0n) is 16.7. The Balaban J connectivity index is 1.41. The molecule has 2 amide bonds. The van der Waals surface area contributed by atoms with Crippen LogP contribution in [0.5, 0.6) is 0 Å². The van der Waals surface area contributed by atoms with Gasteiger partial charge < -0.3 is 15.0 Å². The lowest BCUT2D eigenvalue weighted by Crippen LogP contribution is -2.48. The SMILES string of the molecule is O=C(C1CCO1)N1CCCc2nc(C3(C(=O)Nc4ccc(F)cc4)CCC3)ccc21. The highest BCUT2D eigenvalue weighted by Gasteiger charge is 2.47. The van der Waals surface area contributed by atoms with Gasteiger partial charge >= 0.3 is 0 Å². The van der Waals surface area contributed by atoms with E-state index >= 15 is 0 Å². The van der Waals surface area contributed by atoms with Gasteiger partial charge in [0.05, 0.1) is 29.1 Å². The minimum Gasteiger partial charge on any atom is -0.368 e. The average Bonchev–Trinajstić information content (AvgIpc) is 2.67. The van der Waals surface area contributed by atoms with Gasteiger partial charge in [-0.1, -0.05) is 6.42 Å². The number of ether oxygens (including phenoxy) is 1. The Hall–Kier alpha value is -2.80. The van der Waals surface area contributed by atoms with E-state index in [4.69, 9.17) is 9.72 Å². The Morgan fingerprint density at radius 3 is 2.53 bits per heavy atom. The van der Waals surface area contributed by atoms with Crippen LogP contribution >= 0.6 is 0 Å². The highest BCUT2D eigenvalue weighted by molar-refractivity contribution is 6.00. The first-order chi connectivity index (χ1) is 14.6. The Labute approximate surface area is 174 Å². The number of rotatable bonds is 4. The standard InChI is InChI=1S/C23H24FN3O3/c24-15-4-6-16(7-5-15)25-22(29)23(11-2-12-23)20-9-8-18-17(26-20)3-1-13-27(18)21(28)19-10-14-30-19/h4-9,19H,1-3,10-14H2,(H,25,29). The van der Waals surface area contributed by atoms with Gasteiger partial charge in [0.2, 0.25) is 5.91 Å². The molecule has 1 aliphatic carbocycles. The van der Waals surface area contributed by atoms with Crippen molar-refractivity contribution >= 4 is 23.2 Å². The number of fused-ring (bicyclic) bond motifs is 1. The summed E-state index contributed by atoms with van der Waals surface area (Å²) < 4.78 is 18.5. The molecule has 2 aliphatic heterocycles. The number of nitrogens with zero attached hydrogens (tertiary/aromatic N) is 2. The van der Waals surface area contributed by atoms with Crippen LogP contribution < -0.4 is 10.2 Å². The molecule has 7 heteroatoms. The largest absolute Gasteiger partial charge is 0.368 e. The molecule has 0 spiro atoms. The predicted molar refractivity (Wildman–Crippen MR) is 110 cm³/mol. The molecule has 1 atom stereocenters. The van der Waals surface area contributed by atoms with Crippen molar-refractivity contribution in [2.24, 2.45) is 0 Å². The molecule has 3 heterocycles. The smallest absolute Gasteiger partial charge is 0.256 e. The number of halogens is 1. The van der Waals surface area contributed by atoms with Crippen LogP contribution in [0.15, 0.2) is 36.4 Å². The minimum absolute atomic E-state index is 0.00385. The summed E-state index contributed by atoms with van der Waals surface area (Å²) in [7, 11) is 0. The number of benzene rings is 1. The van der Waals surface area contributed by atoms with Crippen LogP contribution in [0, 0.1) is 5.82 Å². The molecular weight excluding hydrogens is 385 g/mol. The number of hydrogen-bond acceptors (Lipinski definition) is 4. The molecular formula is C23H24FN3O3. The molecule has 5 rings (SSSR count). The number of nitrogens with one attached hydrogen (secondary N) is 1. The zero-order chi connectivity index (χ0) is 20.7. The molecule has 2 fully saturated rings. The Bertz CT molecular complexity index is 984. The summed E-state index contributed by atoms with van der Waals surface area (Å²) in [6.07, 6.45) is 4.47. The van der Waals surface area contributed by atoms with Crippen molar-refractivity contribution in [3.8, 4) is 0 Å². The first-order valence-electron chi connectivity index (χ1n) is 10.6. The number of pyridine rings is 1. The molecule has 1 N–H and O–H groups in total. The lowest BCUT2D eigenvalue weighted by molar-refractivity contribution is -0.142. The van der Waals surface area contributed by atoms with Crippen LogP contribution in [-0.4, -0.2) is 36.1 Å². The van der Waals surface area contributed by atoms with Gasteiger partial charge in [0.25, 0.3) is 5.91 Å². The molecule has 30 heavy (non-hydrogen) atoms. The van der Waals surface area contributed by atoms with E-state index in [0.29, 0.717) is 18.8 Å². The summed E-state index contributed by atoms with van der Waals surface area (Å²) in [4.78, 5) is 32.5. The Kier molecular flexibility index (Phi) is 4.77. The summed E-state index contributed by atoms with van der Waals surface area (Å²) in [5.74, 6) is -0.447. The van der Waals surface area contributed by atoms with Gasteiger partial charge in [0.15, 0.2) is 0 Å². The predicted octanol–water partition coefficient (Wildman–Crippen LogP) is 3.35. The molecule has 6 nitrogen and oxygen atoms in total. The first-order valence-corrected chi connectivity index (χ1v) is 10.6. The minimum atomic E-state index is -0.674. The second-order valence-corrected chi connectivity index (χ2v) is 8.30. The van der Waals surface area contributed by atoms with E-state index < -0.39 is 5.41 Å². The fourth-order valence-corrected chi connectivity index (χ4v) is 4.46. The topological polar surface area (TPSA) is 71.5 Å². The molecule has 156 valence electrons. The van der Waals surface area contributed by atoms with Crippen LogP contribution in [0.3, 0.4) is 0 Å². The lowest BCUT2D eigenvalue weighted by atomic mass is 9.65. The van der Waals surface area contributed by atoms with Crippen molar-refractivity contribution in [2.45, 2.75) is 50.0 Å². The van der Waals surface area contributed by atoms with E-state index in [9.17, 15) is 14.0 Å². The number of carbonyl (C=O) groups excluding carboxylic acids is 2. The molecule has 1 aromatic carbocycles. The number of carbonyl (C=O) groups is 2. The van der Waals surface area contributed by atoms with Gasteiger partial charge in [-0.3, -0.25) is 14.6 Å². The van der Waals surface area contributed by atoms with Crippen molar-refractivity contribution in [3.05, 3.63) is 53.6 Å². The van der Waals surface area contributed by atoms with Crippen molar-refractivity contribution in [2.75, 3.05) is 23.4 Å². The summed E-state index contributed by atoms with van der Waals surface area (Å²) in [5.41, 5.74) is 2.35. The molecule has 1 aromatic heterocycles. The maximum absolute atomic E-state index is 13.2. The third kappa shape index (κ3) is 3.17. The van der Waals surface area contributed by atoms with Gasteiger partial charge in [-0.05, 0) is 62.1 Å². The molecule has 1 unspecified atom stereocenters. The van der Waals surface area contributed by atoms with Crippen molar-refractivity contribution in [1.82, 2.24) is 4.98 Å². The van der Waals surface area contributed by atoms with Crippen molar-refractivity contribution in [3.63, 3.8) is 0 Å². The first kappa shape index (κ1) is 19.2. The molecule has 1 saturated heterocycles. The van der Waals surface area contributed by atoms with Crippen molar-refractivity contribution in [1.29, 1.82) is 0 Å². The second-order valence-electron chi connectivity index (χ2n) is 8.30. The quantitative estimate of drug-likeness (QED) is 0.841. The number of aryl methyl sites for hydroxylation is 1. The summed E-state index contributed by atoms with van der Waals surface area (Å²) in [6, 6.07) is 9.60. The van der Waals surface area contributed by atoms with Gasteiger partial charge in [-0.2, -0.15) is 0 Å². The van der Waals surface area contributed by atoms with Gasteiger partial charge in [-0.15, -0.1) is 0 Å². The maximum Gasteiger partial charge on any atom is 0.256 e. The fourth-order valence-electron chi connectivity index (χ4n) is 4.46. The van der Waals surface area contributed by atoms with E-state index in [1.54, 1.807) is 17.0 Å². The summed E-state index contributed by atoms with van der Waals surface area (Å²) in [6.45, 7) is 1.31. The molecule has 0 bridgehead atoms. The zero-order valence-corrected chi connectivity index (χ0v) is 16.7. The average molecular weight is 409 g/mol. The van der Waals surface area contributed by atoms with Gasteiger partial charge in [0, 0.05) is 18.7 Å². The molecule has 3 aliphatic rings. The van der Waals surface area contributed by atoms with Crippen LogP contribution in [0.4, 0.5) is 15.8 Å². The van der Waals surface area contributed by atoms with E-state index in [1.807, 2.05) is 12.1 Å². The van der Waals surface area contributed by atoms with E-state index in [1.165, 1.54) is 12.1 Å². The number of anilines is 2. The summed E-state index contributed by atoms with van der Waals surface area (Å²) >= 11 is 0. The van der Waals surface area contributed by atoms with Gasteiger partial charge in [0.1, 0.15) is 11.9 Å². The number of aromatic nitrogens is 1. The number of hydrogen-bond donors (Lipinski definition) is 1. The Morgan fingerprint density at radius 2 is 1.90 bits per heavy atom. The van der Waals surface area contributed by atoms with Crippen LogP contribution in [0.2, 0.25) is 0 Å². The molecule has 1 saturated carbocycles. The monoisotopic (exact) mass is 409 g/mol. The molecule has 2 aromatic rings. The third-order valence-corrected chi connectivity index (χ3v) is 6.51. The highest BCUT2D eigenvalue weighted by atomic mass is 19.1. The van der Waals surface area contributed by atoms with E-state index in [-0.39, 0.29) is 23.7 Å². The fraction of sp³-hybridized carbons (Fsp3) is 0.435. The second kappa shape index (κ2) is 7.47. The lowest BCUT2D eigenvalue weighted by Gasteiger charge is -2.41. The van der Waals surface area contributed by atoms with Crippen molar-refractivity contribution < 1.29 is 18.7 Å². The van der Waals surface area contributed by atoms with Crippen LogP contribution in [0.1, 0.15) is 43.5 Å². The van der Waals surface area contributed by atoms with Crippen LogP contribution in [0.25, 0.3) is 0 Å². The van der Waals surface area contributed by atoms with E-state index in [0.717, 1.165) is 55.6 Å². The highest BCUT2D eigenvalue weighted by Crippen LogP contribution is 2.45. The van der Waals surface area contributed by atoms with Gasteiger partial charge in [-0.25, -0.2) is 4.39 Å². The molecule has 0 radical (unpaired) electrons.